The Morgan fingerprint density at radius 3 is 2.32 bits per heavy atom. The zero-order chi connectivity index (χ0) is 18.0. The molecule has 0 heterocycles. The van der Waals surface area contributed by atoms with Gasteiger partial charge in [0.15, 0.2) is 0 Å². The number of benzene rings is 2. The minimum absolute atomic E-state index is 0.118. The zero-order valence-electron chi connectivity index (χ0n) is 14.3. The van der Waals surface area contributed by atoms with E-state index in [1.54, 1.807) is 47.4 Å². The number of nitrogens with zero attached hydrogens (tertiary/aromatic N) is 1. The van der Waals surface area contributed by atoms with Crippen LogP contribution in [0, 0.1) is 5.82 Å². The first kappa shape index (κ1) is 17.1. The maximum Gasteiger partial charge on any atom is 0.254 e. The topological polar surface area (TPSA) is 49.4 Å². The van der Waals surface area contributed by atoms with E-state index in [1.165, 1.54) is 13.0 Å². The molecule has 0 saturated heterocycles. The van der Waals surface area contributed by atoms with Crippen molar-refractivity contribution < 1.29 is 14.0 Å². The van der Waals surface area contributed by atoms with E-state index in [-0.39, 0.29) is 29.7 Å². The van der Waals surface area contributed by atoms with Crippen LogP contribution in [0.3, 0.4) is 0 Å². The highest BCUT2D eigenvalue weighted by Gasteiger charge is 2.37. The number of rotatable bonds is 5. The normalized spacial score (nSPS) is 14.7. The highest BCUT2D eigenvalue weighted by Crippen LogP contribution is 2.36. The van der Waals surface area contributed by atoms with Crippen molar-refractivity contribution in [2.24, 2.45) is 0 Å². The van der Waals surface area contributed by atoms with Crippen LogP contribution >= 0.6 is 0 Å². The Balaban J connectivity index is 1.84. The van der Waals surface area contributed by atoms with Crippen molar-refractivity contribution in [3.63, 3.8) is 0 Å². The van der Waals surface area contributed by atoms with Crippen molar-refractivity contribution in [2.75, 3.05) is 5.32 Å². The van der Waals surface area contributed by atoms with Gasteiger partial charge in [0.2, 0.25) is 5.91 Å². The fourth-order valence-electron chi connectivity index (χ4n) is 3.02. The van der Waals surface area contributed by atoms with Crippen molar-refractivity contribution in [3.05, 3.63) is 65.5 Å². The molecule has 0 aliphatic heterocycles. The van der Waals surface area contributed by atoms with Crippen LogP contribution in [-0.2, 0) is 4.79 Å². The summed E-state index contributed by atoms with van der Waals surface area (Å²) < 4.78 is 14.1. The largest absolute Gasteiger partial charge is 0.329 e. The van der Waals surface area contributed by atoms with Crippen molar-refractivity contribution in [1.82, 2.24) is 4.90 Å². The first-order valence-corrected chi connectivity index (χ1v) is 8.42. The predicted molar refractivity (Wildman–Crippen MR) is 94.8 cm³/mol. The molecule has 0 spiro atoms. The van der Waals surface area contributed by atoms with Gasteiger partial charge in [-0.2, -0.15) is 0 Å². The van der Waals surface area contributed by atoms with Crippen LogP contribution in [0.5, 0.6) is 0 Å². The molecular weight excluding hydrogens is 319 g/mol. The van der Waals surface area contributed by atoms with E-state index < -0.39 is 0 Å². The van der Waals surface area contributed by atoms with Gasteiger partial charge in [-0.3, -0.25) is 9.59 Å². The van der Waals surface area contributed by atoms with Crippen molar-refractivity contribution in [1.29, 1.82) is 0 Å². The predicted octanol–water partition coefficient (Wildman–Crippen LogP) is 4.15. The average Bonchev–Trinajstić information content (AvgIpc) is 3.40. The van der Waals surface area contributed by atoms with Gasteiger partial charge in [0, 0.05) is 29.8 Å². The van der Waals surface area contributed by atoms with Crippen LogP contribution in [0.2, 0.25) is 0 Å². The number of carbonyl (C=O) groups is 2. The molecule has 3 rings (SSSR count). The molecule has 25 heavy (non-hydrogen) atoms. The molecular formula is C20H21FN2O2. The number of halogens is 1. The minimum Gasteiger partial charge on any atom is -0.329 e. The van der Waals surface area contributed by atoms with E-state index in [4.69, 9.17) is 0 Å². The molecule has 0 bridgehead atoms. The molecule has 0 aromatic heterocycles. The maximum atomic E-state index is 14.1. The van der Waals surface area contributed by atoms with Crippen LogP contribution in [0.25, 0.3) is 0 Å². The second-order valence-corrected chi connectivity index (χ2v) is 6.40. The van der Waals surface area contributed by atoms with Crippen LogP contribution in [0.1, 0.15) is 48.7 Å². The maximum absolute atomic E-state index is 14.1. The Morgan fingerprint density at radius 1 is 1.12 bits per heavy atom. The molecule has 1 aliphatic carbocycles. The third kappa shape index (κ3) is 3.87. The second-order valence-electron chi connectivity index (χ2n) is 6.40. The third-order valence-electron chi connectivity index (χ3n) is 4.40. The summed E-state index contributed by atoms with van der Waals surface area (Å²) in [6.45, 7) is 3.30. The molecule has 5 heteroatoms. The molecule has 2 aromatic carbocycles. The van der Waals surface area contributed by atoms with Crippen LogP contribution in [0.4, 0.5) is 10.1 Å². The summed E-state index contributed by atoms with van der Waals surface area (Å²) in [6, 6.07) is 13.2. The van der Waals surface area contributed by atoms with Gasteiger partial charge < -0.3 is 10.2 Å². The number of hydrogen-bond acceptors (Lipinski definition) is 2. The number of nitrogens with one attached hydrogen (secondary N) is 1. The summed E-state index contributed by atoms with van der Waals surface area (Å²) in [6.07, 6.45) is 1.88. The summed E-state index contributed by atoms with van der Waals surface area (Å²) in [5.74, 6) is -0.575. The van der Waals surface area contributed by atoms with Gasteiger partial charge in [0.05, 0.1) is 6.04 Å². The zero-order valence-corrected chi connectivity index (χ0v) is 14.3. The molecule has 2 amide bonds. The van der Waals surface area contributed by atoms with Crippen LogP contribution < -0.4 is 5.32 Å². The van der Waals surface area contributed by atoms with Gasteiger partial charge in [-0.1, -0.05) is 18.2 Å². The summed E-state index contributed by atoms with van der Waals surface area (Å²) in [4.78, 5) is 25.9. The molecule has 0 radical (unpaired) electrons. The quantitative estimate of drug-likeness (QED) is 0.889. The van der Waals surface area contributed by atoms with Crippen LogP contribution in [0.15, 0.2) is 48.5 Å². The van der Waals surface area contributed by atoms with Gasteiger partial charge in [0.25, 0.3) is 5.91 Å². The monoisotopic (exact) mass is 340 g/mol. The lowest BCUT2D eigenvalue weighted by Crippen LogP contribution is -2.36. The summed E-state index contributed by atoms with van der Waals surface area (Å²) >= 11 is 0. The third-order valence-corrected chi connectivity index (χ3v) is 4.40. The molecule has 1 unspecified atom stereocenters. The van der Waals surface area contributed by atoms with Gasteiger partial charge in [0.1, 0.15) is 5.82 Å². The Kier molecular flexibility index (Phi) is 4.83. The first-order chi connectivity index (χ1) is 12.0. The van der Waals surface area contributed by atoms with Gasteiger partial charge in [-0.15, -0.1) is 0 Å². The number of anilines is 1. The lowest BCUT2D eigenvalue weighted by molar-refractivity contribution is -0.114. The molecule has 1 aliphatic rings. The highest BCUT2D eigenvalue weighted by molar-refractivity contribution is 5.96. The molecule has 1 saturated carbocycles. The van der Waals surface area contributed by atoms with E-state index in [0.29, 0.717) is 16.8 Å². The summed E-state index contributed by atoms with van der Waals surface area (Å²) in [5, 5.41) is 2.68. The number of hydrogen-bond donors (Lipinski definition) is 1. The summed E-state index contributed by atoms with van der Waals surface area (Å²) in [5.41, 5.74) is 1.70. The van der Waals surface area contributed by atoms with E-state index >= 15 is 0 Å². The Hall–Kier alpha value is -2.69. The fourth-order valence-corrected chi connectivity index (χ4v) is 3.02. The fraction of sp³-hybridized carbons (Fsp3) is 0.300. The number of carbonyl (C=O) groups excluding carboxylic acids is 2. The summed E-state index contributed by atoms with van der Waals surface area (Å²) in [7, 11) is 0. The number of amides is 2. The SMILES string of the molecule is CC(=O)Nc1ccc(C(=O)N(C2CC2)C(C)c2ccccc2F)cc1. The van der Waals surface area contributed by atoms with Crippen molar-refractivity contribution in [2.45, 2.75) is 38.8 Å². The smallest absolute Gasteiger partial charge is 0.254 e. The van der Waals surface area contributed by atoms with Crippen LogP contribution in [-0.4, -0.2) is 22.8 Å². The Labute approximate surface area is 146 Å². The molecule has 1 fully saturated rings. The van der Waals surface area contributed by atoms with Gasteiger partial charge in [-0.25, -0.2) is 4.39 Å². The lowest BCUT2D eigenvalue weighted by atomic mass is 10.0. The van der Waals surface area contributed by atoms with Gasteiger partial charge in [-0.05, 0) is 50.1 Å². The highest BCUT2D eigenvalue weighted by atomic mass is 19.1. The van der Waals surface area contributed by atoms with E-state index in [2.05, 4.69) is 5.32 Å². The van der Waals surface area contributed by atoms with E-state index in [1.807, 2.05) is 6.92 Å². The minimum atomic E-state index is -0.337. The van der Waals surface area contributed by atoms with Crippen molar-refractivity contribution >= 4 is 17.5 Å². The second kappa shape index (κ2) is 7.05. The van der Waals surface area contributed by atoms with Crippen molar-refractivity contribution in [3.8, 4) is 0 Å². The molecule has 4 nitrogen and oxygen atoms in total. The Morgan fingerprint density at radius 2 is 1.76 bits per heavy atom. The Bertz CT molecular complexity index is 785. The standard InChI is InChI=1S/C20H21FN2O2/c1-13(18-5-3-4-6-19(18)21)23(17-11-12-17)20(25)15-7-9-16(10-8-15)22-14(2)24/h3-10,13,17H,11-12H2,1-2H3,(H,22,24). The first-order valence-electron chi connectivity index (χ1n) is 8.42. The molecule has 1 atom stereocenters. The molecule has 1 N–H and O–H groups in total. The average molecular weight is 340 g/mol. The van der Waals surface area contributed by atoms with E-state index in [0.717, 1.165) is 12.8 Å². The van der Waals surface area contributed by atoms with Gasteiger partial charge >= 0.3 is 0 Å². The lowest BCUT2D eigenvalue weighted by Gasteiger charge is -2.30. The molecule has 2 aromatic rings. The van der Waals surface area contributed by atoms with E-state index in [9.17, 15) is 14.0 Å². The molecule has 130 valence electrons.